The molecule has 4 amide bonds. The van der Waals surface area contributed by atoms with Crippen LogP contribution in [0.1, 0.15) is 35.4 Å². The highest BCUT2D eigenvalue weighted by molar-refractivity contribution is 6.30. The predicted molar refractivity (Wildman–Crippen MR) is 164 cm³/mol. The third kappa shape index (κ3) is 4.24. The summed E-state index contributed by atoms with van der Waals surface area (Å²) in [6, 6.07) is 17.3. The molecular weight excluding hydrogens is 597 g/mol. The highest BCUT2D eigenvalue weighted by Crippen LogP contribution is 2.64. The Hall–Kier alpha value is -4.76. The minimum Gasteiger partial charge on any atom is -0.507 e. The molecule has 0 spiro atoms. The van der Waals surface area contributed by atoms with Crippen LogP contribution in [0.2, 0.25) is 5.02 Å². The number of aromatic hydroxyl groups is 1. The average Bonchev–Trinajstić information content (AvgIpc) is 3.44. The van der Waals surface area contributed by atoms with E-state index < -0.39 is 58.5 Å². The number of nitrogens with one attached hydrogen (secondary N) is 2. The Kier molecular flexibility index (Phi) is 6.89. The van der Waals surface area contributed by atoms with Gasteiger partial charge in [0.2, 0.25) is 11.8 Å². The Bertz CT molecular complexity index is 1810. The van der Waals surface area contributed by atoms with E-state index in [0.29, 0.717) is 33.8 Å². The lowest BCUT2D eigenvalue weighted by molar-refractivity contribution is -0.138. The molecule has 6 atom stereocenters. The van der Waals surface area contributed by atoms with Gasteiger partial charge < -0.3 is 5.11 Å². The van der Waals surface area contributed by atoms with Gasteiger partial charge in [-0.1, -0.05) is 59.7 Å². The Morgan fingerprint density at radius 3 is 2.47 bits per heavy atom. The Morgan fingerprint density at radius 2 is 1.76 bits per heavy atom. The number of phenols is 1. The summed E-state index contributed by atoms with van der Waals surface area (Å²) in [4.78, 5) is 55.5. The molecule has 0 unspecified atom stereocenters. The number of imide groups is 2. The van der Waals surface area contributed by atoms with Gasteiger partial charge in [-0.3, -0.25) is 29.9 Å². The lowest BCUT2D eigenvalue weighted by Gasteiger charge is -2.50. The van der Waals surface area contributed by atoms with Crippen LogP contribution in [0.5, 0.6) is 5.75 Å². The molecule has 2 saturated heterocycles. The van der Waals surface area contributed by atoms with Gasteiger partial charge in [0.05, 0.1) is 28.9 Å². The minimum atomic E-state index is -1.56. The fourth-order valence-electron chi connectivity index (χ4n) is 8.07. The maximum atomic E-state index is 15.0. The molecule has 8 nitrogen and oxygen atoms in total. The first-order valence-corrected chi connectivity index (χ1v) is 15.2. The molecule has 2 aliphatic carbocycles. The third-order valence-electron chi connectivity index (χ3n) is 9.93. The Labute approximate surface area is 263 Å². The molecule has 0 radical (unpaired) electrons. The molecule has 0 bridgehead atoms. The van der Waals surface area contributed by atoms with Crippen molar-refractivity contribution in [1.82, 2.24) is 10.3 Å². The number of amides is 4. The van der Waals surface area contributed by atoms with E-state index in [0.717, 1.165) is 10.6 Å². The van der Waals surface area contributed by atoms with Gasteiger partial charge in [0.1, 0.15) is 11.6 Å². The number of benzene rings is 3. The number of hydrogen-bond acceptors (Lipinski definition) is 6. The number of para-hydroxylation sites is 1. The summed E-state index contributed by atoms with van der Waals surface area (Å²) >= 11 is 6.30. The number of rotatable bonds is 6. The molecule has 0 aromatic heterocycles. The van der Waals surface area contributed by atoms with Gasteiger partial charge >= 0.3 is 0 Å². The van der Waals surface area contributed by atoms with Crippen LogP contribution in [0.3, 0.4) is 0 Å². The number of carbonyl (C=O) groups excluding carboxylic acids is 4. The summed E-state index contributed by atoms with van der Waals surface area (Å²) in [6.07, 6.45) is 4.33. The number of fused-ring (bicyclic) bond motifs is 4. The van der Waals surface area contributed by atoms with E-state index in [-0.39, 0.29) is 24.5 Å². The van der Waals surface area contributed by atoms with Crippen molar-refractivity contribution in [3.05, 3.63) is 119 Å². The van der Waals surface area contributed by atoms with Crippen molar-refractivity contribution < 1.29 is 28.7 Å². The quantitative estimate of drug-likeness (QED) is 0.257. The lowest BCUT2D eigenvalue weighted by atomic mass is 9.49. The molecule has 3 aromatic rings. The van der Waals surface area contributed by atoms with Crippen LogP contribution < -0.4 is 10.7 Å². The van der Waals surface area contributed by atoms with Crippen molar-refractivity contribution in [2.75, 3.05) is 5.43 Å². The van der Waals surface area contributed by atoms with Gasteiger partial charge in [-0.2, -0.15) is 5.01 Å². The summed E-state index contributed by atoms with van der Waals surface area (Å²) < 4.78 is 13.7. The minimum absolute atomic E-state index is 0.0321. The van der Waals surface area contributed by atoms with Gasteiger partial charge in [-0.15, -0.1) is 6.58 Å². The number of halogens is 2. The maximum Gasteiger partial charge on any atom is 0.260 e. The van der Waals surface area contributed by atoms with E-state index >= 15 is 4.79 Å². The number of phenolic OH excluding ortho intramolecular Hbond substituents is 1. The maximum absolute atomic E-state index is 15.0. The summed E-state index contributed by atoms with van der Waals surface area (Å²) in [6.45, 7) is 3.81. The number of nitrogens with zero attached hydrogens (tertiary/aromatic N) is 1. The van der Waals surface area contributed by atoms with Crippen LogP contribution in [-0.4, -0.2) is 33.7 Å². The van der Waals surface area contributed by atoms with Gasteiger partial charge in [-0.25, -0.2) is 4.39 Å². The zero-order valence-electron chi connectivity index (χ0n) is 24.0. The normalized spacial score (nSPS) is 28.6. The fraction of sp³-hybridized carbons (Fsp3) is 0.257. The van der Waals surface area contributed by atoms with E-state index in [9.17, 15) is 23.9 Å². The molecule has 2 heterocycles. The first kappa shape index (κ1) is 29.0. The van der Waals surface area contributed by atoms with Crippen LogP contribution in [0.15, 0.2) is 91.0 Å². The largest absolute Gasteiger partial charge is 0.507 e. The molecule has 1 saturated carbocycles. The first-order chi connectivity index (χ1) is 21.7. The van der Waals surface area contributed by atoms with Crippen LogP contribution >= 0.6 is 11.6 Å². The molecule has 10 heteroatoms. The number of hydrazine groups is 1. The second-order valence-electron chi connectivity index (χ2n) is 12.1. The van der Waals surface area contributed by atoms with Gasteiger partial charge in [0, 0.05) is 16.5 Å². The molecule has 3 fully saturated rings. The van der Waals surface area contributed by atoms with Gasteiger partial charge in [-0.05, 0) is 72.7 Å². The number of carbonyl (C=O) groups is 4. The SMILES string of the molecule is C=CCc1cccc([C@H]2C3=CC[C@@H]4C(=O)NC(=O)[C@@H]4[C@@H]3C[C@H]3C(=O)N(Nc4ccc(F)cc4)C(=O)[C@@]23c2ccc(Cl)cc2)c1O. The smallest absolute Gasteiger partial charge is 0.260 e. The molecule has 3 aromatic carbocycles. The second kappa shape index (κ2) is 10.7. The molecule has 3 N–H and O–H groups in total. The van der Waals surface area contributed by atoms with E-state index in [1.807, 2.05) is 6.08 Å². The number of allylic oxidation sites excluding steroid dienone is 3. The Balaban J connectivity index is 1.49. The van der Waals surface area contributed by atoms with Crippen molar-refractivity contribution in [3.8, 4) is 5.75 Å². The van der Waals surface area contributed by atoms with E-state index in [4.69, 9.17) is 11.6 Å². The zero-order valence-corrected chi connectivity index (χ0v) is 24.8. The molecule has 228 valence electrons. The Morgan fingerprint density at radius 1 is 1.02 bits per heavy atom. The van der Waals surface area contributed by atoms with E-state index in [1.165, 1.54) is 24.3 Å². The van der Waals surface area contributed by atoms with Gasteiger partial charge in [0.15, 0.2) is 0 Å². The lowest BCUT2D eigenvalue weighted by Crippen LogP contribution is -2.53. The van der Waals surface area contributed by atoms with Crippen molar-refractivity contribution in [2.45, 2.75) is 30.6 Å². The standard InChI is InChI=1S/C35H29ClFN3O5/c1-2-4-18-5-3-6-25(30(18)41)29-23-15-16-24-28(32(43)38-31(24)42)26(23)17-27-33(44)40(39-22-13-11-21(37)12-14-22)34(45)35(27,29)19-7-9-20(36)10-8-19/h2-3,5-15,24,26-29,39,41H,1,4,16-17H2,(H,38,42,43)/t24-,26+,27-,28-,29+,35+/m0/s1. The van der Waals surface area contributed by atoms with Crippen molar-refractivity contribution in [3.63, 3.8) is 0 Å². The van der Waals surface area contributed by atoms with E-state index in [2.05, 4.69) is 17.3 Å². The highest BCUT2D eigenvalue weighted by Gasteiger charge is 2.70. The van der Waals surface area contributed by atoms with Crippen LogP contribution in [0, 0.1) is 29.5 Å². The molecule has 45 heavy (non-hydrogen) atoms. The zero-order chi connectivity index (χ0) is 31.6. The monoisotopic (exact) mass is 625 g/mol. The summed E-state index contributed by atoms with van der Waals surface area (Å²) in [7, 11) is 0. The average molecular weight is 626 g/mol. The number of hydrogen-bond donors (Lipinski definition) is 3. The summed E-state index contributed by atoms with van der Waals surface area (Å²) in [5.41, 5.74) is 3.93. The summed E-state index contributed by atoms with van der Waals surface area (Å²) in [5.74, 6) is -6.07. The van der Waals surface area contributed by atoms with Crippen molar-refractivity contribution >= 4 is 40.9 Å². The van der Waals surface area contributed by atoms with Crippen LogP contribution in [0.4, 0.5) is 10.1 Å². The second-order valence-corrected chi connectivity index (χ2v) is 12.5. The van der Waals surface area contributed by atoms with Crippen LogP contribution in [-0.2, 0) is 31.0 Å². The van der Waals surface area contributed by atoms with E-state index in [1.54, 1.807) is 48.5 Å². The predicted octanol–water partition coefficient (Wildman–Crippen LogP) is 5.19. The molecule has 2 aliphatic heterocycles. The molecular formula is C35H29ClFN3O5. The van der Waals surface area contributed by atoms with Crippen molar-refractivity contribution in [1.29, 1.82) is 0 Å². The third-order valence-corrected chi connectivity index (χ3v) is 10.2. The van der Waals surface area contributed by atoms with Crippen LogP contribution in [0.25, 0.3) is 0 Å². The fourth-order valence-corrected chi connectivity index (χ4v) is 8.20. The van der Waals surface area contributed by atoms with Gasteiger partial charge in [0.25, 0.3) is 11.8 Å². The summed E-state index contributed by atoms with van der Waals surface area (Å²) in [5, 5.41) is 15.6. The first-order valence-electron chi connectivity index (χ1n) is 14.8. The number of anilines is 1. The van der Waals surface area contributed by atoms with Crippen molar-refractivity contribution in [2.24, 2.45) is 23.7 Å². The topological polar surface area (TPSA) is 116 Å². The molecule has 7 rings (SSSR count). The highest BCUT2D eigenvalue weighted by atomic mass is 35.5. The molecule has 4 aliphatic rings.